The van der Waals surface area contributed by atoms with Gasteiger partial charge in [0.1, 0.15) is 0 Å². The Bertz CT molecular complexity index is 210. The molecule has 0 radical (unpaired) electrons. The van der Waals surface area contributed by atoms with Crippen LogP contribution in [0, 0.1) is 0 Å². The molecule has 1 unspecified atom stereocenters. The van der Waals surface area contributed by atoms with Gasteiger partial charge < -0.3 is 5.32 Å². The Balaban J connectivity index is 2.41. The maximum absolute atomic E-state index is 13.0. The first-order chi connectivity index (χ1) is 5.83. The van der Waals surface area contributed by atoms with Gasteiger partial charge in [-0.05, 0) is 18.6 Å². The quantitative estimate of drug-likeness (QED) is 0.679. The lowest BCUT2D eigenvalue weighted by atomic mass is 10.3. The number of nitrogens with one attached hydrogen (secondary N) is 1. The van der Waals surface area contributed by atoms with E-state index < -0.39 is 6.30 Å². The third-order valence-electron chi connectivity index (χ3n) is 1.64. The monoisotopic (exact) mass is 167 g/mol. The summed E-state index contributed by atoms with van der Waals surface area (Å²) in [6, 6.07) is 9.42. The predicted molar refractivity (Wildman–Crippen MR) is 49.9 cm³/mol. The van der Waals surface area contributed by atoms with E-state index in [1.54, 1.807) is 0 Å². The highest BCUT2D eigenvalue weighted by Crippen LogP contribution is 2.10. The molecule has 0 amide bonds. The van der Waals surface area contributed by atoms with Gasteiger partial charge >= 0.3 is 0 Å². The number of hydrogen-bond donors (Lipinski definition) is 1. The molecule has 1 nitrogen and oxygen atoms in total. The first-order valence-electron chi connectivity index (χ1n) is 4.28. The highest BCUT2D eigenvalue weighted by atomic mass is 19.1. The molecule has 2 heteroatoms. The second-order valence-electron chi connectivity index (χ2n) is 2.77. The Kier molecular flexibility index (Phi) is 3.58. The van der Waals surface area contributed by atoms with E-state index in [0.717, 1.165) is 12.1 Å². The summed E-state index contributed by atoms with van der Waals surface area (Å²) >= 11 is 0. The zero-order valence-corrected chi connectivity index (χ0v) is 7.26. The van der Waals surface area contributed by atoms with Crippen LogP contribution < -0.4 is 5.32 Å². The van der Waals surface area contributed by atoms with E-state index in [9.17, 15) is 4.39 Å². The fourth-order valence-electron chi connectivity index (χ4n) is 1.04. The van der Waals surface area contributed by atoms with Crippen LogP contribution >= 0.6 is 0 Å². The lowest BCUT2D eigenvalue weighted by Crippen LogP contribution is -2.12. The molecule has 0 heterocycles. The summed E-state index contributed by atoms with van der Waals surface area (Å²) < 4.78 is 13.0. The summed E-state index contributed by atoms with van der Waals surface area (Å²) in [4.78, 5) is 0. The van der Waals surface area contributed by atoms with E-state index in [1.807, 2.05) is 37.3 Å². The van der Waals surface area contributed by atoms with Gasteiger partial charge in [-0.3, -0.25) is 0 Å². The minimum atomic E-state index is -0.919. The SMILES string of the molecule is CCCC(F)Nc1ccccc1. The smallest absolute Gasteiger partial charge is 0.170 e. The summed E-state index contributed by atoms with van der Waals surface area (Å²) in [6.07, 6.45) is 0.507. The maximum Gasteiger partial charge on any atom is 0.170 e. The average molecular weight is 167 g/mol. The van der Waals surface area contributed by atoms with Gasteiger partial charge in [0, 0.05) is 5.69 Å². The van der Waals surface area contributed by atoms with Crippen molar-refractivity contribution in [2.45, 2.75) is 26.1 Å². The zero-order valence-electron chi connectivity index (χ0n) is 7.26. The molecule has 1 rings (SSSR count). The number of para-hydroxylation sites is 1. The van der Waals surface area contributed by atoms with E-state index in [0.29, 0.717) is 6.42 Å². The fourth-order valence-corrected chi connectivity index (χ4v) is 1.04. The summed E-state index contributed by atoms with van der Waals surface area (Å²) in [5.41, 5.74) is 0.846. The largest absolute Gasteiger partial charge is 0.356 e. The molecular weight excluding hydrogens is 153 g/mol. The van der Waals surface area contributed by atoms with Crippen LogP contribution in [0.2, 0.25) is 0 Å². The second-order valence-corrected chi connectivity index (χ2v) is 2.77. The van der Waals surface area contributed by atoms with Gasteiger partial charge in [0.15, 0.2) is 6.30 Å². The van der Waals surface area contributed by atoms with Crippen LogP contribution in [0.5, 0.6) is 0 Å². The molecule has 1 N–H and O–H groups in total. The Labute approximate surface area is 72.6 Å². The molecule has 1 atom stereocenters. The molecule has 0 aliphatic heterocycles. The minimum absolute atomic E-state index is 0.564. The molecule has 1 aromatic rings. The summed E-state index contributed by atoms with van der Waals surface area (Å²) in [5, 5.41) is 2.78. The van der Waals surface area contributed by atoms with Crippen LogP contribution in [0.3, 0.4) is 0 Å². The highest BCUT2D eigenvalue weighted by molar-refractivity contribution is 5.42. The molecule has 12 heavy (non-hydrogen) atoms. The summed E-state index contributed by atoms with van der Waals surface area (Å²) in [5.74, 6) is 0. The van der Waals surface area contributed by atoms with Gasteiger partial charge in [0.25, 0.3) is 0 Å². The standard InChI is InChI=1S/C10H14FN/c1-2-6-10(11)12-9-7-4-3-5-8-9/h3-5,7-8,10,12H,2,6H2,1H3. The lowest BCUT2D eigenvalue weighted by molar-refractivity contribution is 0.349. The number of anilines is 1. The van der Waals surface area contributed by atoms with Crippen molar-refractivity contribution >= 4 is 5.69 Å². The van der Waals surface area contributed by atoms with Gasteiger partial charge in [-0.15, -0.1) is 0 Å². The third kappa shape index (κ3) is 2.91. The summed E-state index contributed by atoms with van der Waals surface area (Å²) in [7, 11) is 0. The van der Waals surface area contributed by atoms with Crippen molar-refractivity contribution in [2.24, 2.45) is 0 Å². The number of benzene rings is 1. The molecule has 0 aliphatic rings. The molecule has 0 bridgehead atoms. The molecule has 0 saturated carbocycles. The van der Waals surface area contributed by atoms with E-state index in [4.69, 9.17) is 0 Å². The van der Waals surface area contributed by atoms with Crippen molar-refractivity contribution < 1.29 is 4.39 Å². The van der Waals surface area contributed by atoms with Crippen LogP contribution in [0.1, 0.15) is 19.8 Å². The van der Waals surface area contributed by atoms with Crippen molar-refractivity contribution in [1.82, 2.24) is 0 Å². The normalized spacial score (nSPS) is 12.5. The first kappa shape index (κ1) is 9.04. The molecule has 66 valence electrons. The van der Waals surface area contributed by atoms with Crippen molar-refractivity contribution in [2.75, 3.05) is 5.32 Å². The highest BCUT2D eigenvalue weighted by Gasteiger charge is 2.02. The molecule has 1 aromatic carbocycles. The van der Waals surface area contributed by atoms with Gasteiger partial charge in [0.05, 0.1) is 0 Å². The maximum atomic E-state index is 13.0. The molecule has 0 fully saturated rings. The van der Waals surface area contributed by atoms with E-state index >= 15 is 0 Å². The van der Waals surface area contributed by atoms with Gasteiger partial charge in [-0.25, -0.2) is 4.39 Å². The Morgan fingerprint density at radius 2 is 2.00 bits per heavy atom. The molecule has 0 saturated heterocycles. The Morgan fingerprint density at radius 3 is 2.58 bits per heavy atom. The molecule has 0 aliphatic carbocycles. The number of halogens is 1. The molecule has 0 spiro atoms. The topological polar surface area (TPSA) is 12.0 Å². The van der Waals surface area contributed by atoms with Gasteiger partial charge in [-0.1, -0.05) is 31.5 Å². The molecule has 0 aromatic heterocycles. The lowest BCUT2D eigenvalue weighted by Gasteiger charge is -2.09. The van der Waals surface area contributed by atoms with Crippen LogP contribution in [0.25, 0.3) is 0 Å². The minimum Gasteiger partial charge on any atom is -0.356 e. The van der Waals surface area contributed by atoms with Crippen molar-refractivity contribution in [3.63, 3.8) is 0 Å². The first-order valence-corrected chi connectivity index (χ1v) is 4.28. The van der Waals surface area contributed by atoms with E-state index in [-0.39, 0.29) is 0 Å². The van der Waals surface area contributed by atoms with Crippen LogP contribution in [-0.2, 0) is 0 Å². The van der Waals surface area contributed by atoms with Crippen LogP contribution in [-0.4, -0.2) is 6.30 Å². The number of rotatable bonds is 4. The summed E-state index contributed by atoms with van der Waals surface area (Å²) in [6.45, 7) is 1.97. The number of alkyl halides is 1. The second kappa shape index (κ2) is 4.75. The van der Waals surface area contributed by atoms with Crippen molar-refractivity contribution in [1.29, 1.82) is 0 Å². The van der Waals surface area contributed by atoms with E-state index in [1.165, 1.54) is 0 Å². The number of hydrogen-bond acceptors (Lipinski definition) is 1. The molecular formula is C10H14FN. The predicted octanol–water partition coefficient (Wildman–Crippen LogP) is 3.19. The third-order valence-corrected chi connectivity index (χ3v) is 1.64. The van der Waals surface area contributed by atoms with Gasteiger partial charge in [0.2, 0.25) is 0 Å². The van der Waals surface area contributed by atoms with Crippen molar-refractivity contribution in [3.05, 3.63) is 30.3 Å². The Hall–Kier alpha value is -1.05. The van der Waals surface area contributed by atoms with E-state index in [2.05, 4.69) is 5.32 Å². The van der Waals surface area contributed by atoms with Gasteiger partial charge in [-0.2, -0.15) is 0 Å². The average Bonchev–Trinajstić information content (AvgIpc) is 2.06. The van der Waals surface area contributed by atoms with Crippen LogP contribution in [0.4, 0.5) is 10.1 Å². The van der Waals surface area contributed by atoms with Crippen molar-refractivity contribution in [3.8, 4) is 0 Å². The Morgan fingerprint density at radius 1 is 1.33 bits per heavy atom. The zero-order chi connectivity index (χ0) is 8.81. The fraction of sp³-hybridized carbons (Fsp3) is 0.400. The van der Waals surface area contributed by atoms with Crippen LogP contribution in [0.15, 0.2) is 30.3 Å².